The Kier molecular flexibility index (Phi) is 6.34. The van der Waals surface area contributed by atoms with Crippen LogP contribution in [0.1, 0.15) is 45.1 Å². The molecule has 1 atom stereocenters. The van der Waals surface area contributed by atoms with Crippen molar-refractivity contribution >= 4 is 29.0 Å². The molecule has 1 aliphatic heterocycles. The standard InChI is InChI=1S/C21H29N5O2/c1-4-28-21(27)16-6-5-11-26(12-16)20-18(22)19(23-13-24-20)25-17-9-7-15(8-10-17)14(2)3/h7-10,13-14,16H,4-6,11-12,22H2,1-3H3,(H,23,24,25). The second-order valence-electron chi connectivity index (χ2n) is 7.40. The van der Waals surface area contributed by atoms with Gasteiger partial charge in [0.05, 0.1) is 12.5 Å². The minimum Gasteiger partial charge on any atom is -0.466 e. The number of hydrogen-bond acceptors (Lipinski definition) is 7. The Morgan fingerprint density at radius 1 is 1.32 bits per heavy atom. The fourth-order valence-electron chi connectivity index (χ4n) is 3.45. The molecular formula is C21H29N5O2. The van der Waals surface area contributed by atoms with E-state index < -0.39 is 0 Å². The van der Waals surface area contributed by atoms with Gasteiger partial charge in [-0.3, -0.25) is 4.79 Å². The lowest BCUT2D eigenvalue weighted by atomic mass is 9.98. The molecule has 0 bridgehead atoms. The molecule has 3 rings (SSSR count). The molecule has 1 saturated heterocycles. The quantitative estimate of drug-likeness (QED) is 0.735. The van der Waals surface area contributed by atoms with Crippen molar-refractivity contribution in [2.24, 2.45) is 5.92 Å². The second kappa shape index (κ2) is 8.91. The van der Waals surface area contributed by atoms with E-state index in [1.165, 1.54) is 11.9 Å². The minimum absolute atomic E-state index is 0.150. The van der Waals surface area contributed by atoms with Gasteiger partial charge in [-0.25, -0.2) is 9.97 Å². The fraction of sp³-hybridized carbons (Fsp3) is 0.476. The molecule has 1 aliphatic rings. The van der Waals surface area contributed by atoms with Gasteiger partial charge in [0, 0.05) is 18.8 Å². The van der Waals surface area contributed by atoms with E-state index >= 15 is 0 Å². The van der Waals surface area contributed by atoms with Gasteiger partial charge in [0.25, 0.3) is 0 Å². The van der Waals surface area contributed by atoms with Gasteiger partial charge in [0.1, 0.15) is 12.0 Å². The van der Waals surface area contributed by atoms with Crippen LogP contribution in [0, 0.1) is 5.92 Å². The van der Waals surface area contributed by atoms with E-state index in [1.807, 2.05) is 19.1 Å². The van der Waals surface area contributed by atoms with Crippen LogP contribution in [0.25, 0.3) is 0 Å². The summed E-state index contributed by atoms with van der Waals surface area (Å²) in [4.78, 5) is 22.9. The largest absolute Gasteiger partial charge is 0.466 e. The third-order valence-corrected chi connectivity index (χ3v) is 5.04. The summed E-state index contributed by atoms with van der Waals surface area (Å²) in [5, 5.41) is 3.28. The Bertz CT molecular complexity index is 807. The molecule has 28 heavy (non-hydrogen) atoms. The average molecular weight is 383 g/mol. The third-order valence-electron chi connectivity index (χ3n) is 5.04. The Labute approximate surface area is 166 Å². The number of benzene rings is 1. The molecule has 150 valence electrons. The maximum atomic E-state index is 12.1. The second-order valence-corrected chi connectivity index (χ2v) is 7.40. The smallest absolute Gasteiger partial charge is 0.310 e. The number of esters is 1. The van der Waals surface area contributed by atoms with Crippen molar-refractivity contribution in [3.05, 3.63) is 36.2 Å². The van der Waals surface area contributed by atoms with Crippen molar-refractivity contribution in [1.29, 1.82) is 0 Å². The number of nitrogens with two attached hydrogens (primary N) is 1. The molecule has 1 aromatic heterocycles. The molecule has 0 amide bonds. The number of nitrogens with one attached hydrogen (secondary N) is 1. The molecule has 2 heterocycles. The van der Waals surface area contributed by atoms with Crippen LogP contribution in [0.5, 0.6) is 0 Å². The number of nitrogens with zero attached hydrogens (tertiary/aromatic N) is 3. The van der Waals surface area contributed by atoms with Crippen molar-refractivity contribution in [2.75, 3.05) is 35.6 Å². The van der Waals surface area contributed by atoms with E-state index in [1.54, 1.807) is 0 Å². The van der Waals surface area contributed by atoms with E-state index in [9.17, 15) is 4.79 Å². The zero-order valence-electron chi connectivity index (χ0n) is 16.8. The summed E-state index contributed by atoms with van der Waals surface area (Å²) in [6.45, 7) is 7.92. The van der Waals surface area contributed by atoms with Gasteiger partial charge in [-0.1, -0.05) is 26.0 Å². The molecular weight excluding hydrogens is 354 g/mol. The van der Waals surface area contributed by atoms with Crippen LogP contribution in [0.4, 0.5) is 23.0 Å². The van der Waals surface area contributed by atoms with Gasteiger partial charge in [-0.15, -0.1) is 0 Å². The number of anilines is 4. The SMILES string of the molecule is CCOC(=O)C1CCCN(c2ncnc(Nc3ccc(C(C)C)cc3)c2N)C1. The monoisotopic (exact) mass is 383 g/mol. The van der Waals surface area contributed by atoms with Gasteiger partial charge >= 0.3 is 5.97 Å². The molecule has 3 N–H and O–H groups in total. The van der Waals surface area contributed by atoms with Crippen LogP contribution >= 0.6 is 0 Å². The minimum atomic E-state index is -0.150. The summed E-state index contributed by atoms with van der Waals surface area (Å²) < 4.78 is 5.18. The van der Waals surface area contributed by atoms with E-state index in [0.29, 0.717) is 36.4 Å². The highest BCUT2D eigenvalue weighted by Gasteiger charge is 2.29. The van der Waals surface area contributed by atoms with Crippen LogP contribution in [-0.4, -0.2) is 35.6 Å². The normalized spacial score (nSPS) is 16.9. The number of hydrogen-bond donors (Lipinski definition) is 2. The van der Waals surface area contributed by atoms with Crippen molar-refractivity contribution in [2.45, 2.75) is 39.5 Å². The lowest BCUT2D eigenvalue weighted by molar-refractivity contribution is -0.148. The van der Waals surface area contributed by atoms with E-state index in [4.69, 9.17) is 10.5 Å². The van der Waals surface area contributed by atoms with Crippen LogP contribution < -0.4 is 16.0 Å². The lowest BCUT2D eigenvalue weighted by Crippen LogP contribution is -2.40. The van der Waals surface area contributed by atoms with Crippen LogP contribution in [0.2, 0.25) is 0 Å². The van der Waals surface area contributed by atoms with Crippen LogP contribution in [-0.2, 0) is 9.53 Å². The molecule has 1 unspecified atom stereocenters. The summed E-state index contributed by atoms with van der Waals surface area (Å²) in [6, 6.07) is 8.24. The number of carbonyl (C=O) groups excluding carboxylic acids is 1. The number of aromatic nitrogens is 2. The predicted octanol–water partition coefficient (Wildman–Crippen LogP) is 3.71. The zero-order chi connectivity index (χ0) is 20.1. The Hall–Kier alpha value is -2.83. The molecule has 0 spiro atoms. The number of carbonyl (C=O) groups is 1. The van der Waals surface area contributed by atoms with Gasteiger partial charge in [-0.2, -0.15) is 0 Å². The molecule has 0 saturated carbocycles. The van der Waals surface area contributed by atoms with E-state index in [-0.39, 0.29) is 11.9 Å². The third kappa shape index (κ3) is 4.52. The Morgan fingerprint density at radius 2 is 2.07 bits per heavy atom. The number of rotatable bonds is 6. The molecule has 7 heteroatoms. The van der Waals surface area contributed by atoms with Gasteiger partial charge in [0.2, 0.25) is 0 Å². The molecule has 7 nitrogen and oxygen atoms in total. The maximum Gasteiger partial charge on any atom is 0.310 e. The topological polar surface area (TPSA) is 93.4 Å². The maximum absolute atomic E-state index is 12.1. The number of ether oxygens (including phenoxy) is 1. The molecule has 1 fully saturated rings. The Morgan fingerprint density at radius 3 is 2.75 bits per heavy atom. The lowest BCUT2D eigenvalue weighted by Gasteiger charge is -2.33. The van der Waals surface area contributed by atoms with Crippen molar-refractivity contribution in [1.82, 2.24) is 9.97 Å². The van der Waals surface area contributed by atoms with Gasteiger partial charge in [-0.05, 0) is 43.4 Å². The first-order chi connectivity index (χ1) is 13.5. The van der Waals surface area contributed by atoms with Gasteiger partial charge in [0.15, 0.2) is 11.6 Å². The highest BCUT2D eigenvalue weighted by molar-refractivity contribution is 5.79. The molecule has 0 aliphatic carbocycles. The highest BCUT2D eigenvalue weighted by Crippen LogP contribution is 2.31. The van der Waals surface area contributed by atoms with E-state index in [0.717, 1.165) is 25.1 Å². The summed E-state index contributed by atoms with van der Waals surface area (Å²) in [6.07, 6.45) is 3.23. The zero-order valence-corrected chi connectivity index (χ0v) is 16.8. The predicted molar refractivity (Wildman–Crippen MR) is 112 cm³/mol. The first-order valence-corrected chi connectivity index (χ1v) is 9.88. The first-order valence-electron chi connectivity index (χ1n) is 9.88. The molecule has 0 radical (unpaired) electrons. The molecule has 1 aromatic carbocycles. The average Bonchev–Trinajstić information content (AvgIpc) is 2.70. The molecule has 2 aromatic rings. The summed E-state index contributed by atoms with van der Waals surface area (Å²) in [5.74, 6) is 1.41. The first kappa shape index (κ1) is 19.9. The van der Waals surface area contributed by atoms with Crippen molar-refractivity contribution in [3.63, 3.8) is 0 Å². The Balaban J connectivity index is 1.76. The number of piperidine rings is 1. The van der Waals surface area contributed by atoms with Crippen molar-refractivity contribution < 1.29 is 9.53 Å². The summed E-state index contributed by atoms with van der Waals surface area (Å²) in [7, 11) is 0. The summed E-state index contributed by atoms with van der Waals surface area (Å²) >= 11 is 0. The van der Waals surface area contributed by atoms with Gasteiger partial charge < -0.3 is 20.7 Å². The fourth-order valence-corrected chi connectivity index (χ4v) is 3.45. The number of nitrogen functional groups attached to an aromatic ring is 1. The highest BCUT2D eigenvalue weighted by atomic mass is 16.5. The van der Waals surface area contributed by atoms with Crippen LogP contribution in [0.15, 0.2) is 30.6 Å². The summed E-state index contributed by atoms with van der Waals surface area (Å²) in [5.41, 5.74) is 9.06. The van der Waals surface area contributed by atoms with Crippen LogP contribution in [0.3, 0.4) is 0 Å². The van der Waals surface area contributed by atoms with Crippen molar-refractivity contribution in [3.8, 4) is 0 Å². The van der Waals surface area contributed by atoms with E-state index in [2.05, 4.69) is 46.2 Å².